The number of fused-ring (bicyclic) bond motifs is 1. The molecule has 88 valence electrons. The van der Waals surface area contributed by atoms with Crippen LogP contribution in [0.25, 0.3) is 11.4 Å². The molecule has 0 fully saturated rings. The van der Waals surface area contributed by atoms with Crippen LogP contribution in [-0.2, 0) is 6.54 Å². The van der Waals surface area contributed by atoms with Crippen LogP contribution in [0.4, 0.5) is 0 Å². The fourth-order valence-corrected chi connectivity index (χ4v) is 2.82. The Hall–Kier alpha value is -1.49. The number of ether oxygens (including phenoxy) is 1. The van der Waals surface area contributed by atoms with E-state index in [0.29, 0.717) is 0 Å². The maximum absolute atomic E-state index is 5.15. The smallest absolute Gasteiger partial charge is 0.191 e. The SMILES string of the molecule is COc1ccc(-c2nnc3n2CCCS3)cc1. The van der Waals surface area contributed by atoms with Crippen molar-refractivity contribution < 1.29 is 4.74 Å². The predicted molar refractivity (Wildman–Crippen MR) is 67.4 cm³/mol. The molecule has 0 N–H and O–H groups in total. The number of benzene rings is 1. The average Bonchev–Trinajstić information content (AvgIpc) is 2.83. The summed E-state index contributed by atoms with van der Waals surface area (Å²) in [6.45, 7) is 1.01. The molecular formula is C12H13N3OS. The van der Waals surface area contributed by atoms with Gasteiger partial charge in [0.05, 0.1) is 7.11 Å². The monoisotopic (exact) mass is 247 g/mol. The molecule has 17 heavy (non-hydrogen) atoms. The summed E-state index contributed by atoms with van der Waals surface area (Å²) in [5.74, 6) is 2.96. The van der Waals surface area contributed by atoms with E-state index in [0.717, 1.165) is 34.6 Å². The minimum Gasteiger partial charge on any atom is -0.497 e. The van der Waals surface area contributed by atoms with E-state index < -0.39 is 0 Å². The molecule has 2 aromatic rings. The first-order valence-electron chi connectivity index (χ1n) is 5.59. The summed E-state index contributed by atoms with van der Waals surface area (Å²) in [6, 6.07) is 7.95. The molecule has 0 unspecified atom stereocenters. The molecule has 2 heterocycles. The van der Waals surface area contributed by atoms with Gasteiger partial charge in [0.15, 0.2) is 11.0 Å². The molecule has 3 rings (SSSR count). The van der Waals surface area contributed by atoms with Crippen LogP contribution < -0.4 is 4.74 Å². The Morgan fingerprint density at radius 1 is 1.24 bits per heavy atom. The lowest BCUT2D eigenvalue weighted by atomic mass is 10.2. The van der Waals surface area contributed by atoms with Gasteiger partial charge >= 0.3 is 0 Å². The van der Waals surface area contributed by atoms with Crippen LogP contribution in [0.1, 0.15) is 6.42 Å². The Kier molecular flexibility index (Phi) is 2.76. The van der Waals surface area contributed by atoms with E-state index >= 15 is 0 Å². The zero-order chi connectivity index (χ0) is 11.7. The van der Waals surface area contributed by atoms with Crippen LogP contribution in [0.5, 0.6) is 5.75 Å². The molecule has 0 aliphatic carbocycles. The van der Waals surface area contributed by atoms with Crippen molar-refractivity contribution in [3.8, 4) is 17.1 Å². The van der Waals surface area contributed by atoms with Gasteiger partial charge in [-0.1, -0.05) is 11.8 Å². The molecule has 1 aromatic heterocycles. The van der Waals surface area contributed by atoms with Gasteiger partial charge in [-0.05, 0) is 30.7 Å². The summed E-state index contributed by atoms with van der Waals surface area (Å²) in [6.07, 6.45) is 1.18. The highest BCUT2D eigenvalue weighted by atomic mass is 32.2. The highest BCUT2D eigenvalue weighted by Crippen LogP contribution is 2.29. The van der Waals surface area contributed by atoms with Crippen LogP contribution in [0.3, 0.4) is 0 Å². The van der Waals surface area contributed by atoms with Crippen LogP contribution in [-0.4, -0.2) is 27.6 Å². The van der Waals surface area contributed by atoms with Gasteiger partial charge in [0, 0.05) is 17.9 Å². The standard InChI is InChI=1S/C12H13N3OS/c1-16-10-5-3-9(4-6-10)11-13-14-12-15(11)7-2-8-17-12/h3-6H,2,7-8H2,1H3. The van der Waals surface area contributed by atoms with Crippen molar-refractivity contribution in [3.63, 3.8) is 0 Å². The van der Waals surface area contributed by atoms with Crippen molar-refractivity contribution in [1.29, 1.82) is 0 Å². The molecule has 0 saturated heterocycles. The summed E-state index contributed by atoms with van der Waals surface area (Å²) >= 11 is 1.78. The maximum atomic E-state index is 5.15. The first-order valence-corrected chi connectivity index (χ1v) is 6.57. The molecule has 4 nitrogen and oxygen atoms in total. The van der Waals surface area contributed by atoms with Gasteiger partial charge in [0.1, 0.15) is 5.75 Å². The Labute approximate surface area is 104 Å². The second kappa shape index (κ2) is 4.41. The Morgan fingerprint density at radius 3 is 2.82 bits per heavy atom. The number of rotatable bonds is 2. The number of methoxy groups -OCH3 is 1. The third-order valence-corrected chi connectivity index (χ3v) is 3.88. The van der Waals surface area contributed by atoms with E-state index in [1.807, 2.05) is 24.3 Å². The molecule has 0 amide bonds. The highest BCUT2D eigenvalue weighted by molar-refractivity contribution is 7.99. The molecule has 1 aliphatic rings. The Balaban J connectivity index is 2.00. The third kappa shape index (κ3) is 1.91. The molecule has 0 atom stereocenters. The van der Waals surface area contributed by atoms with Gasteiger partial charge in [-0.25, -0.2) is 0 Å². The molecule has 0 radical (unpaired) electrons. The van der Waals surface area contributed by atoms with Gasteiger partial charge in [-0.15, -0.1) is 10.2 Å². The lowest BCUT2D eigenvalue weighted by molar-refractivity contribution is 0.415. The average molecular weight is 247 g/mol. The van der Waals surface area contributed by atoms with Crippen molar-refractivity contribution in [1.82, 2.24) is 14.8 Å². The van der Waals surface area contributed by atoms with E-state index in [-0.39, 0.29) is 0 Å². The molecular weight excluding hydrogens is 234 g/mol. The minimum atomic E-state index is 0.863. The summed E-state index contributed by atoms with van der Waals surface area (Å²) in [5.41, 5.74) is 1.09. The molecule has 1 aliphatic heterocycles. The summed E-state index contributed by atoms with van der Waals surface area (Å²) in [7, 11) is 1.67. The van der Waals surface area contributed by atoms with Crippen LogP contribution >= 0.6 is 11.8 Å². The number of aromatic nitrogens is 3. The quantitative estimate of drug-likeness (QED) is 0.817. The Bertz CT molecular complexity index is 521. The predicted octanol–water partition coefficient (Wildman–Crippen LogP) is 2.45. The number of thioether (sulfide) groups is 1. The summed E-state index contributed by atoms with van der Waals surface area (Å²) in [4.78, 5) is 0. The highest BCUT2D eigenvalue weighted by Gasteiger charge is 2.17. The van der Waals surface area contributed by atoms with Gasteiger partial charge in [0.2, 0.25) is 0 Å². The molecule has 1 aromatic carbocycles. The summed E-state index contributed by atoms with van der Waals surface area (Å²) in [5, 5.41) is 9.52. The van der Waals surface area contributed by atoms with Crippen molar-refractivity contribution in [2.45, 2.75) is 18.1 Å². The first-order chi connectivity index (χ1) is 8.38. The van der Waals surface area contributed by atoms with E-state index in [2.05, 4.69) is 14.8 Å². The van der Waals surface area contributed by atoms with Crippen molar-refractivity contribution in [2.24, 2.45) is 0 Å². The lowest BCUT2D eigenvalue weighted by Gasteiger charge is -2.14. The van der Waals surface area contributed by atoms with Crippen LogP contribution in [0, 0.1) is 0 Å². The van der Waals surface area contributed by atoms with Crippen molar-refractivity contribution >= 4 is 11.8 Å². The molecule has 0 bridgehead atoms. The van der Waals surface area contributed by atoms with Crippen LogP contribution in [0.2, 0.25) is 0 Å². The Morgan fingerprint density at radius 2 is 2.06 bits per heavy atom. The van der Waals surface area contributed by atoms with Gasteiger partial charge in [-0.3, -0.25) is 0 Å². The van der Waals surface area contributed by atoms with E-state index in [1.165, 1.54) is 6.42 Å². The van der Waals surface area contributed by atoms with Crippen LogP contribution in [0.15, 0.2) is 29.4 Å². The third-order valence-electron chi connectivity index (χ3n) is 2.82. The van der Waals surface area contributed by atoms with Gasteiger partial charge in [0.25, 0.3) is 0 Å². The largest absolute Gasteiger partial charge is 0.497 e. The second-order valence-electron chi connectivity index (χ2n) is 3.89. The van der Waals surface area contributed by atoms with Gasteiger partial charge < -0.3 is 9.30 Å². The normalized spacial score (nSPS) is 14.4. The molecule has 0 spiro atoms. The summed E-state index contributed by atoms with van der Waals surface area (Å²) < 4.78 is 7.34. The zero-order valence-electron chi connectivity index (χ0n) is 9.59. The number of nitrogens with zero attached hydrogens (tertiary/aromatic N) is 3. The van der Waals surface area contributed by atoms with E-state index in [9.17, 15) is 0 Å². The van der Waals surface area contributed by atoms with Crippen molar-refractivity contribution in [2.75, 3.05) is 12.9 Å². The minimum absolute atomic E-state index is 0.863. The maximum Gasteiger partial charge on any atom is 0.191 e. The second-order valence-corrected chi connectivity index (χ2v) is 4.95. The van der Waals surface area contributed by atoms with Gasteiger partial charge in [-0.2, -0.15) is 0 Å². The first kappa shape index (κ1) is 10.7. The fourth-order valence-electron chi connectivity index (χ4n) is 1.94. The number of hydrogen-bond acceptors (Lipinski definition) is 4. The number of hydrogen-bond donors (Lipinski definition) is 0. The van der Waals surface area contributed by atoms with E-state index in [1.54, 1.807) is 18.9 Å². The molecule has 0 saturated carbocycles. The van der Waals surface area contributed by atoms with Crippen molar-refractivity contribution in [3.05, 3.63) is 24.3 Å². The molecule has 5 heteroatoms. The fraction of sp³-hybridized carbons (Fsp3) is 0.333. The topological polar surface area (TPSA) is 39.9 Å². The lowest BCUT2D eigenvalue weighted by Crippen LogP contribution is -2.08. The van der Waals surface area contributed by atoms with E-state index in [4.69, 9.17) is 4.74 Å². The zero-order valence-corrected chi connectivity index (χ0v) is 10.4.